The number of carbonyl (C=O) groups is 2. The van der Waals surface area contributed by atoms with Gasteiger partial charge in [-0.3, -0.25) is 9.59 Å². The molecule has 0 spiro atoms. The number of Topliss-reactive ketones (excluding diaryl/α,β-unsaturated/α-hetero) is 1. The van der Waals surface area contributed by atoms with E-state index in [1.54, 1.807) is 0 Å². The van der Waals surface area contributed by atoms with Crippen LogP contribution in [0, 0.1) is 13.8 Å². The van der Waals surface area contributed by atoms with E-state index >= 15 is 0 Å². The van der Waals surface area contributed by atoms with Gasteiger partial charge in [0.15, 0.2) is 6.54 Å². The molecule has 0 saturated carbocycles. The van der Waals surface area contributed by atoms with Crippen LogP contribution in [0.2, 0.25) is 0 Å². The van der Waals surface area contributed by atoms with Crippen molar-refractivity contribution in [1.82, 2.24) is 9.88 Å². The van der Waals surface area contributed by atoms with Crippen LogP contribution >= 0.6 is 0 Å². The number of quaternary nitrogens is 1. The number of amides is 1. The minimum Gasteiger partial charge on any atom is -0.351 e. The van der Waals surface area contributed by atoms with Gasteiger partial charge in [-0.2, -0.15) is 0 Å². The molecule has 0 bridgehead atoms. The number of hydrogen-bond acceptors (Lipinski definition) is 2. The van der Waals surface area contributed by atoms with Crippen LogP contribution in [-0.4, -0.2) is 42.4 Å². The molecule has 2 rings (SSSR count). The summed E-state index contributed by atoms with van der Waals surface area (Å²) in [5, 5.41) is 2.81. The number of hydrogen-bond donors (Lipinski definition) is 2. The lowest BCUT2D eigenvalue weighted by Gasteiger charge is -2.16. The predicted molar refractivity (Wildman–Crippen MR) is 108 cm³/mol. The number of nitrogens with zero attached hydrogens (tertiary/aromatic N) is 1. The van der Waals surface area contributed by atoms with Gasteiger partial charge in [0.25, 0.3) is 5.91 Å². The molecule has 1 atom stereocenters. The number of benzene rings is 1. The van der Waals surface area contributed by atoms with Gasteiger partial charge in [-0.1, -0.05) is 30.3 Å². The molecule has 5 heteroatoms. The maximum atomic E-state index is 12.8. The fraction of sp³-hybridized carbons (Fsp3) is 0.455. The number of aromatic nitrogens is 1. The van der Waals surface area contributed by atoms with Gasteiger partial charge in [0, 0.05) is 30.0 Å². The van der Waals surface area contributed by atoms with Gasteiger partial charge in [0.05, 0.1) is 6.54 Å². The fourth-order valence-electron chi connectivity index (χ4n) is 3.43. The molecule has 1 amide bonds. The average molecular weight is 371 g/mol. The van der Waals surface area contributed by atoms with Gasteiger partial charge in [0.2, 0.25) is 5.78 Å². The van der Waals surface area contributed by atoms with Crippen LogP contribution < -0.4 is 10.2 Å². The number of ketones is 1. The molecule has 2 aromatic rings. The molecule has 5 nitrogen and oxygen atoms in total. The number of likely N-dealkylation sites (N-methyl/N-ethyl adjacent to an activating group) is 2. The maximum Gasteiger partial charge on any atom is 0.275 e. The van der Waals surface area contributed by atoms with Gasteiger partial charge in [-0.05, 0) is 45.7 Å². The molecule has 0 saturated heterocycles. The Morgan fingerprint density at radius 3 is 2.41 bits per heavy atom. The van der Waals surface area contributed by atoms with E-state index in [-0.39, 0.29) is 11.7 Å². The van der Waals surface area contributed by atoms with E-state index in [4.69, 9.17) is 0 Å². The van der Waals surface area contributed by atoms with Crippen LogP contribution in [0.3, 0.4) is 0 Å². The van der Waals surface area contributed by atoms with Gasteiger partial charge in [0.1, 0.15) is 6.54 Å². The third-order valence-electron chi connectivity index (χ3n) is 5.04. The zero-order valence-corrected chi connectivity index (χ0v) is 17.0. The van der Waals surface area contributed by atoms with Crippen molar-refractivity contribution in [3.05, 3.63) is 58.9 Å². The van der Waals surface area contributed by atoms with E-state index in [0.717, 1.165) is 41.4 Å². The minimum atomic E-state index is -0.00418. The van der Waals surface area contributed by atoms with E-state index in [9.17, 15) is 9.59 Å². The Kier molecular flexibility index (Phi) is 7.80. The predicted octanol–water partition coefficient (Wildman–Crippen LogP) is 1.57. The summed E-state index contributed by atoms with van der Waals surface area (Å²) in [4.78, 5) is 25.7. The zero-order chi connectivity index (χ0) is 19.8. The SMILES string of the molecule is CCNC(=O)C[NH+](CC)CC(=O)c1cc(C)n(CCc2ccccc2)c1C. The second-order valence-corrected chi connectivity index (χ2v) is 7.01. The first-order valence-electron chi connectivity index (χ1n) is 9.80. The van der Waals surface area contributed by atoms with Crippen LogP contribution in [0.25, 0.3) is 0 Å². The maximum absolute atomic E-state index is 12.8. The molecule has 0 fully saturated rings. The van der Waals surface area contributed by atoms with E-state index < -0.39 is 0 Å². The average Bonchev–Trinajstić information content (AvgIpc) is 2.94. The van der Waals surface area contributed by atoms with Gasteiger partial charge < -0.3 is 14.8 Å². The summed E-state index contributed by atoms with van der Waals surface area (Å²) in [7, 11) is 0. The smallest absolute Gasteiger partial charge is 0.275 e. The lowest BCUT2D eigenvalue weighted by atomic mass is 10.1. The van der Waals surface area contributed by atoms with Crippen LogP contribution in [0.15, 0.2) is 36.4 Å². The van der Waals surface area contributed by atoms with Gasteiger partial charge in [-0.25, -0.2) is 0 Å². The number of carbonyl (C=O) groups excluding carboxylic acids is 2. The summed E-state index contributed by atoms with van der Waals surface area (Å²) < 4.78 is 2.22. The molecular weight excluding hydrogens is 338 g/mol. The number of nitrogens with one attached hydrogen (secondary N) is 2. The standard InChI is InChI=1S/C22H31N3O2/c1-5-23-22(27)16-24(6-2)15-21(26)20-14-17(3)25(18(20)4)13-12-19-10-8-7-9-11-19/h7-11,14H,5-6,12-13,15-16H2,1-4H3,(H,23,27)/p+1. The number of rotatable bonds is 10. The second-order valence-electron chi connectivity index (χ2n) is 7.01. The molecule has 1 heterocycles. The van der Waals surface area contributed by atoms with Gasteiger partial charge >= 0.3 is 0 Å². The highest BCUT2D eigenvalue weighted by atomic mass is 16.2. The molecule has 0 aliphatic heterocycles. The third kappa shape index (κ3) is 5.79. The summed E-state index contributed by atoms with van der Waals surface area (Å²) in [5.74, 6) is 0.102. The monoisotopic (exact) mass is 370 g/mol. The van der Waals surface area contributed by atoms with Crippen molar-refractivity contribution in [2.45, 2.75) is 40.7 Å². The molecule has 0 aliphatic rings. The molecule has 146 valence electrons. The minimum absolute atomic E-state index is 0.00418. The van der Waals surface area contributed by atoms with Crippen molar-refractivity contribution >= 4 is 11.7 Å². The fourth-order valence-corrected chi connectivity index (χ4v) is 3.43. The van der Waals surface area contributed by atoms with E-state index in [2.05, 4.69) is 34.1 Å². The Balaban J connectivity index is 2.05. The summed E-state index contributed by atoms with van der Waals surface area (Å²) >= 11 is 0. The largest absolute Gasteiger partial charge is 0.351 e. The first-order valence-corrected chi connectivity index (χ1v) is 9.80. The molecule has 1 aromatic carbocycles. The van der Waals surface area contributed by atoms with Crippen LogP contribution in [-0.2, 0) is 17.8 Å². The quantitative estimate of drug-likeness (QED) is 0.624. The molecule has 0 aliphatic carbocycles. The van der Waals surface area contributed by atoms with Crippen molar-refractivity contribution < 1.29 is 14.5 Å². The van der Waals surface area contributed by atoms with E-state index in [0.29, 0.717) is 19.6 Å². The van der Waals surface area contributed by atoms with Crippen LogP contribution in [0.1, 0.15) is 41.2 Å². The normalized spacial score (nSPS) is 12.0. The first-order chi connectivity index (χ1) is 13.0. The molecule has 2 N–H and O–H groups in total. The highest BCUT2D eigenvalue weighted by Crippen LogP contribution is 2.16. The van der Waals surface area contributed by atoms with Crippen molar-refractivity contribution in [2.75, 3.05) is 26.2 Å². The van der Waals surface area contributed by atoms with Crippen molar-refractivity contribution in [3.8, 4) is 0 Å². The Morgan fingerprint density at radius 1 is 1.07 bits per heavy atom. The summed E-state index contributed by atoms with van der Waals surface area (Å²) in [5.41, 5.74) is 4.19. The zero-order valence-electron chi connectivity index (χ0n) is 17.0. The lowest BCUT2D eigenvalue weighted by Crippen LogP contribution is -3.13. The van der Waals surface area contributed by atoms with E-state index in [1.807, 2.05) is 39.8 Å². The molecular formula is C22H32N3O2+. The van der Waals surface area contributed by atoms with Gasteiger partial charge in [-0.15, -0.1) is 0 Å². The topological polar surface area (TPSA) is 55.5 Å². The third-order valence-corrected chi connectivity index (χ3v) is 5.04. The molecule has 27 heavy (non-hydrogen) atoms. The first kappa shape index (κ1) is 20.9. The van der Waals surface area contributed by atoms with Crippen molar-refractivity contribution in [1.29, 1.82) is 0 Å². The Bertz CT molecular complexity index is 765. The lowest BCUT2D eigenvalue weighted by molar-refractivity contribution is -0.881. The molecule has 0 radical (unpaired) electrons. The Labute approximate surface area is 162 Å². The molecule has 1 aromatic heterocycles. The second kappa shape index (κ2) is 10.1. The Hall–Kier alpha value is -2.40. The Morgan fingerprint density at radius 2 is 1.78 bits per heavy atom. The summed E-state index contributed by atoms with van der Waals surface area (Å²) in [6.45, 7) is 10.9. The van der Waals surface area contributed by atoms with Crippen molar-refractivity contribution in [2.24, 2.45) is 0 Å². The van der Waals surface area contributed by atoms with Crippen molar-refractivity contribution in [3.63, 3.8) is 0 Å². The molecule has 1 unspecified atom stereocenters. The summed E-state index contributed by atoms with van der Waals surface area (Å²) in [6, 6.07) is 12.4. The van der Waals surface area contributed by atoms with Crippen LogP contribution in [0.5, 0.6) is 0 Å². The highest BCUT2D eigenvalue weighted by molar-refractivity contribution is 5.98. The highest BCUT2D eigenvalue weighted by Gasteiger charge is 2.21. The number of aryl methyl sites for hydroxylation is 2. The summed E-state index contributed by atoms with van der Waals surface area (Å²) in [6.07, 6.45) is 0.939. The van der Waals surface area contributed by atoms with Crippen LogP contribution in [0.4, 0.5) is 0 Å². The van der Waals surface area contributed by atoms with E-state index in [1.165, 1.54) is 5.56 Å².